The number of aromatic nitrogens is 2. The second-order valence-corrected chi connectivity index (χ2v) is 12.5. The lowest BCUT2D eigenvalue weighted by Gasteiger charge is -2.35. The smallest absolute Gasteiger partial charge is 0.256 e. The van der Waals surface area contributed by atoms with Crippen LogP contribution in [-0.4, -0.2) is 74.6 Å². The van der Waals surface area contributed by atoms with Crippen LogP contribution in [0.2, 0.25) is 0 Å². The van der Waals surface area contributed by atoms with Crippen molar-refractivity contribution in [3.63, 3.8) is 0 Å². The molecule has 0 unspecified atom stereocenters. The second kappa shape index (κ2) is 13.8. The maximum Gasteiger partial charge on any atom is 0.256 e. The molecule has 12 nitrogen and oxygen atoms in total. The fourth-order valence-corrected chi connectivity index (χ4v) is 6.90. The number of aryl methyl sites for hydroxylation is 1. The SMILES string of the molecule is COCCNOCS(=O)(=O)N1CCC([C@@H](C)n2c(C)c(C(=O)NCc3c(OC)cc(C)[nH]c3=O)c3ccccc32)CC1. The normalized spacial score (nSPS) is 15.6. The van der Waals surface area contributed by atoms with Crippen LogP contribution in [0.5, 0.6) is 5.75 Å². The molecular weight excluding hydrogens is 562 g/mol. The standard InChI is InChI=1S/C29H41N5O7S/c1-19-16-26(40-5)24(28(35)32-19)17-30-29(36)27-21(3)34(25-9-7-6-8-23(25)27)20(2)22-10-13-33(14-11-22)42(37,38)18-41-31-12-15-39-4/h6-9,16,20,22,31H,10-15,17-18H2,1-5H3,(H,30,36)(H,32,35)/t20-/m1/s1. The Kier molecular flexibility index (Phi) is 10.4. The van der Waals surface area contributed by atoms with Gasteiger partial charge in [-0.05, 0) is 51.7 Å². The molecule has 3 heterocycles. The first-order chi connectivity index (χ1) is 20.1. The van der Waals surface area contributed by atoms with Gasteiger partial charge in [-0.15, -0.1) is 0 Å². The van der Waals surface area contributed by atoms with Gasteiger partial charge in [0.25, 0.3) is 11.5 Å². The van der Waals surface area contributed by atoms with Gasteiger partial charge in [0.05, 0.1) is 31.4 Å². The van der Waals surface area contributed by atoms with Crippen LogP contribution in [0, 0.1) is 19.8 Å². The first-order valence-corrected chi connectivity index (χ1v) is 15.7. The molecule has 1 aliphatic heterocycles. The third-order valence-electron chi connectivity index (χ3n) is 7.96. The van der Waals surface area contributed by atoms with Crippen LogP contribution >= 0.6 is 0 Å². The summed E-state index contributed by atoms with van der Waals surface area (Å²) in [6, 6.07) is 9.52. The van der Waals surface area contributed by atoms with E-state index in [0.717, 1.165) is 16.6 Å². The van der Waals surface area contributed by atoms with E-state index in [2.05, 4.69) is 27.3 Å². The molecule has 4 rings (SSSR count). The zero-order valence-corrected chi connectivity index (χ0v) is 25.7. The largest absolute Gasteiger partial charge is 0.496 e. The van der Waals surface area contributed by atoms with E-state index in [4.69, 9.17) is 14.3 Å². The van der Waals surface area contributed by atoms with Gasteiger partial charge in [0.2, 0.25) is 10.0 Å². The van der Waals surface area contributed by atoms with Gasteiger partial charge in [-0.25, -0.2) is 8.42 Å². The number of hydrogen-bond acceptors (Lipinski definition) is 8. The second-order valence-electron chi connectivity index (χ2n) is 10.6. The van der Waals surface area contributed by atoms with Gasteiger partial charge in [-0.3, -0.25) is 14.4 Å². The number of carbonyl (C=O) groups excluding carboxylic acids is 1. The zero-order chi connectivity index (χ0) is 30.4. The molecule has 13 heteroatoms. The monoisotopic (exact) mass is 603 g/mol. The number of ether oxygens (including phenoxy) is 2. The predicted octanol–water partition coefficient (Wildman–Crippen LogP) is 2.61. The summed E-state index contributed by atoms with van der Waals surface area (Å²) in [5, 5.41) is 3.74. The van der Waals surface area contributed by atoms with Crippen LogP contribution in [-0.2, 0) is 26.1 Å². The molecule has 1 fully saturated rings. The summed E-state index contributed by atoms with van der Waals surface area (Å²) in [4.78, 5) is 34.0. The van der Waals surface area contributed by atoms with E-state index in [1.54, 1.807) is 20.1 Å². The van der Waals surface area contributed by atoms with Crippen molar-refractivity contribution < 1.29 is 27.5 Å². The topological polar surface area (TPSA) is 144 Å². The summed E-state index contributed by atoms with van der Waals surface area (Å²) in [6.45, 7) is 7.45. The van der Waals surface area contributed by atoms with Gasteiger partial charge >= 0.3 is 0 Å². The van der Waals surface area contributed by atoms with Gasteiger partial charge in [0.1, 0.15) is 5.75 Å². The van der Waals surface area contributed by atoms with Crippen LogP contribution in [0.1, 0.15) is 53.1 Å². The Morgan fingerprint density at radius 1 is 1.17 bits per heavy atom. The number of para-hydroxylation sites is 1. The fourth-order valence-electron chi connectivity index (χ4n) is 5.75. The average molecular weight is 604 g/mol. The summed E-state index contributed by atoms with van der Waals surface area (Å²) < 4.78 is 39.5. The number of methoxy groups -OCH3 is 2. The highest BCUT2D eigenvalue weighted by atomic mass is 32.2. The molecule has 1 aliphatic rings. The van der Waals surface area contributed by atoms with Crippen LogP contribution in [0.15, 0.2) is 35.1 Å². The van der Waals surface area contributed by atoms with E-state index >= 15 is 0 Å². The summed E-state index contributed by atoms with van der Waals surface area (Å²) in [5.41, 5.74) is 5.63. The van der Waals surface area contributed by atoms with Crippen molar-refractivity contribution in [2.24, 2.45) is 5.92 Å². The van der Waals surface area contributed by atoms with Crippen molar-refractivity contribution >= 4 is 26.8 Å². The summed E-state index contributed by atoms with van der Waals surface area (Å²) in [6.07, 6.45) is 1.36. The van der Waals surface area contributed by atoms with Crippen molar-refractivity contribution in [1.29, 1.82) is 0 Å². The number of nitrogens with zero attached hydrogens (tertiary/aromatic N) is 2. The van der Waals surface area contributed by atoms with Gasteiger partial charge in [-0.2, -0.15) is 9.79 Å². The van der Waals surface area contributed by atoms with Crippen LogP contribution in [0.3, 0.4) is 0 Å². The highest BCUT2D eigenvalue weighted by Crippen LogP contribution is 2.36. The number of piperidine rings is 1. The molecule has 1 saturated heterocycles. The first-order valence-electron chi connectivity index (χ1n) is 14.0. The average Bonchev–Trinajstić information content (AvgIpc) is 3.27. The molecule has 2 aromatic heterocycles. The number of aromatic amines is 1. The lowest BCUT2D eigenvalue weighted by Crippen LogP contribution is -2.42. The van der Waals surface area contributed by atoms with E-state index in [0.29, 0.717) is 61.7 Å². The van der Waals surface area contributed by atoms with E-state index < -0.39 is 16.0 Å². The number of nitrogens with one attached hydrogen (secondary N) is 3. The van der Waals surface area contributed by atoms with Gasteiger partial charge in [0.15, 0.2) is 5.94 Å². The molecule has 3 aromatic rings. The number of hydroxylamine groups is 1. The molecule has 0 aliphatic carbocycles. The number of rotatable bonds is 13. The molecule has 42 heavy (non-hydrogen) atoms. The number of sulfonamides is 1. The Morgan fingerprint density at radius 2 is 1.88 bits per heavy atom. The van der Waals surface area contributed by atoms with Crippen molar-refractivity contribution in [3.8, 4) is 5.75 Å². The van der Waals surface area contributed by atoms with Gasteiger partial charge in [0, 0.05) is 55.1 Å². The third-order valence-corrected chi connectivity index (χ3v) is 9.53. The molecule has 0 spiro atoms. The number of hydrogen-bond donors (Lipinski definition) is 3. The number of carbonyl (C=O) groups is 1. The van der Waals surface area contributed by atoms with E-state index in [1.165, 1.54) is 11.4 Å². The maximum atomic E-state index is 13.6. The molecule has 0 bridgehead atoms. The van der Waals surface area contributed by atoms with Crippen LogP contribution < -0.4 is 21.1 Å². The minimum atomic E-state index is -3.56. The minimum absolute atomic E-state index is 0.0185. The molecule has 1 atom stereocenters. The number of pyridine rings is 1. The molecule has 0 saturated carbocycles. The Hall–Kier alpha value is -3.23. The molecule has 1 amide bonds. The van der Waals surface area contributed by atoms with Crippen molar-refractivity contribution in [2.45, 2.75) is 46.2 Å². The van der Waals surface area contributed by atoms with Crippen molar-refractivity contribution in [3.05, 3.63) is 63.2 Å². The Morgan fingerprint density at radius 3 is 2.57 bits per heavy atom. The quantitative estimate of drug-likeness (QED) is 0.200. The first kappa shape index (κ1) is 31.7. The molecule has 3 N–H and O–H groups in total. The Bertz CT molecular complexity index is 1560. The zero-order valence-electron chi connectivity index (χ0n) is 24.9. The number of fused-ring (bicyclic) bond motifs is 1. The van der Waals surface area contributed by atoms with Crippen LogP contribution in [0.25, 0.3) is 10.9 Å². The van der Waals surface area contributed by atoms with E-state index in [1.807, 2.05) is 31.2 Å². The Labute approximate surface area is 246 Å². The lowest BCUT2D eigenvalue weighted by atomic mass is 9.91. The number of amides is 1. The van der Waals surface area contributed by atoms with Gasteiger partial charge < -0.3 is 24.3 Å². The van der Waals surface area contributed by atoms with Crippen LogP contribution in [0.4, 0.5) is 0 Å². The molecular formula is C29H41N5O7S. The number of benzene rings is 1. The van der Waals surface area contributed by atoms with Crippen molar-refractivity contribution in [1.82, 2.24) is 24.7 Å². The number of H-pyrrole nitrogens is 1. The fraction of sp³-hybridized carbons (Fsp3) is 0.517. The highest BCUT2D eigenvalue weighted by Gasteiger charge is 2.33. The Balaban J connectivity index is 1.49. The van der Waals surface area contributed by atoms with Gasteiger partial charge in [-0.1, -0.05) is 18.2 Å². The van der Waals surface area contributed by atoms with Crippen molar-refractivity contribution in [2.75, 3.05) is 46.4 Å². The molecule has 0 radical (unpaired) electrons. The summed E-state index contributed by atoms with van der Waals surface area (Å²) >= 11 is 0. The van der Waals surface area contributed by atoms with E-state index in [-0.39, 0.29) is 30.0 Å². The highest BCUT2D eigenvalue weighted by molar-refractivity contribution is 7.88. The lowest BCUT2D eigenvalue weighted by molar-refractivity contribution is 0.0522. The summed E-state index contributed by atoms with van der Waals surface area (Å²) in [7, 11) is -0.505. The van der Waals surface area contributed by atoms with E-state index in [9.17, 15) is 18.0 Å². The third kappa shape index (κ3) is 6.87. The summed E-state index contributed by atoms with van der Waals surface area (Å²) in [5.74, 6) is -0.0850. The molecule has 230 valence electrons. The molecule has 1 aromatic carbocycles. The maximum absolute atomic E-state index is 13.6. The minimum Gasteiger partial charge on any atom is -0.496 e. The predicted molar refractivity (Wildman–Crippen MR) is 160 cm³/mol.